The van der Waals surface area contributed by atoms with Crippen molar-refractivity contribution in [3.8, 4) is 22.8 Å². The van der Waals surface area contributed by atoms with Gasteiger partial charge in [-0.05, 0) is 114 Å². The normalized spacial score (nSPS) is 11.2. The first-order chi connectivity index (χ1) is 19.8. The second-order valence-electron chi connectivity index (χ2n) is 10.9. The number of benzene rings is 3. The van der Waals surface area contributed by atoms with Gasteiger partial charge in [-0.1, -0.05) is 12.1 Å². The van der Waals surface area contributed by atoms with E-state index in [1.165, 1.54) is 0 Å². The summed E-state index contributed by atoms with van der Waals surface area (Å²) in [6.07, 6.45) is 4.12. The Bertz CT molecular complexity index is 1440. The lowest BCUT2D eigenvalue weighted by Crippen LogP contribution is -2.30. The zero-order chi connectivity index (χ0) is 29.2. The molecule has 0 aliphatic carbocycles. The van der Waals surface area contributed by atoms with E-state index in [1.807, 2.05) is 100 Å². The fourth-order valence-electron chi connectivity index (χ4n) is 4.48. The van der Waals surface area contributed by atoms with Crippen LogP contribution in [0.4, 0.5) is 0 Å². The first-order valence-corrected chi connectivity index (χ1v) is 14.5. The third kappa shape index (κ3) is 8.87. The van der Waals surface area contributed by atoms with Crippen molar-refractivity contribution in [3.05, 3.63) is 83.9 Å². The molecule has 0 fully saturated rings. The second-order valence-corrected chi connectivity index (χ2v) is 10.9. The van der Waals surface area contributed by atoms with Crippen molar-refractivity contribution in [2.75, 3.05) is 13.2 Å². The third-order valence-electron chi connectivity index (χ3n) is 6.51. The van der Waals surface area contributed by atoms with E-state index in [1.54, 1.807) is 0 Å². The highest BCUT2D eigenvalue weighted by molar-refractivity contribution is 6.00. The minimum atomic E-state index is 0.208. The summed E-state index contributed by atoms with van der Waals surface area (Å²) in [6, 6.07) is 24.0. The van der Waals surface area contributed by atoms with Crippen molar-refractivity contribution in [1.29, 1.82) is 10.8 Å². The van der Waals surface area contributed by atoms with Gasteiger partial charge in [-0.2, -0.15) is 0 Å². The SMILES string of the molecule is CC(C)NC(=N)c1ccc(OCCCCCCOc2cccc(-c3cc4cc(C(=N)NC(C)C)ccc4o3)c2)cc1. The Morgan fingerprint density at radius 3 is 1.95 bits per heavy atom. The highest BCUT2D eigenvalue weighted by Crippen LogP contribution is 2.30. The van der Waals surface area contributed by atoms with E-state index in [2.05, 4.69) is 10.6 Å². The van der Waals surface area contributed by atoms with Crippen LogP contribution in [-0.2, 0) is 0 Å². The summed E-state index contributed by atoms with van der Waals surface area (Å²) in [5.41, 5.74) is 3.47. The van der Waals surface area contributed by atoms with Gasteiger partial charge in [0.15, 0.2) is 0 Å². The maximum absolute atomic E-state index is 8.26. The Morgan fingerprint density at radius 2 is 1.29 bits per heavy atom. The van der Waals surface area contributed by atoms with Crippen molar-refractivity contribution >= 4 is 22.6 Å². The summed E-state index contributed by atoms with van der Waals surface area (Å²) >= 11 is 0. The maximum Gasteiger partial charge on any atom is 0.135 e. The van der Waals surface area contributed by atoms with Crippen LogP contribution in [0.2, 0.25) is 0 Å². The first kappa shape index (κ1) is 29.7. The van der Waals surface area contributed by atoms with Crippen LogP contribution < -0.4 is 20.1 Å². The van der Waals surface area contributed by atoms with Crippen LogP contribution in [-0.4, -0.2) is 37.0 Å². The lowest BCUT2D eigenvalue weighted by Gasteiger charge is -2.12. The Morgan fingerprint density at radius 1 is 0.683 bits per heavy atom. The van der Waals surface area contributed by atoms with Gasteiger partial charge in [0, 0.05) is 34.2 Å². The zero-order valence-electron chi connectivity index (χ0n) is 24.6. The van der Waals surface area contributed by atoms with Gasteiger partial charge < -0.3 is 24.5 Å². The quantitative estimate of drug-likeness (QED) is 0.0724. The van der Waals surface area contributed by atoms with Crippen molar-refractivity contribution in [3.63, 3.8) is 0 Å². The number of hydrogen-bond donors (Lipinski definition) is 4. The number of unbranched alkanes of at least 4 members (excludes halogenated alkanes) is 3. The van der Waals surface area contributed by atoms with Crippen LogP contribution in [0.1, 0.15) is 64.5 Å². The molecule has 0 amide bonds. The summed E-state index contributed by atoms with van der Waals surface area (Å²) in [6.45, 7) is 9.44. The molecule has 0 unspecified atom stereocenters. The Kier molecular flexibility index (Phi) is 10.4. The van der Waals surface area contributed by atoms with Crippen LogP contribution >= 0.6 is 0 Å². The minimum Gasteiger partial charge on any atom is -0.494 e. The molecule has 3 aromatic carbocycles. The van der Waals surface area contributed by atoms with E-state index in [4.69, 9.17) is 24.7 Å². The predicted molar refractivity (Wildman–Crippen MR) is 168 cm³/mol. The molecule has 0 aliphatic rings. The van der Waals surface area contributed by atoms with Crippen molar-refractivity contribution in [2.24, 2.45) is 0 Å². The molecular formula is C34H42N4O3. The second kappa shape index (κ2) is 14.4. The molecule has 0 radical (unpaired) electrons. The van der Waals surface area contributed by atoms with Crippen LogP contribution in [0.5, 0.6) is 11.5 Å². The largest absolute Gasteiger partial charge is 0.494 e. The standard InChI is InChI=1S/C34H42N4O3/c1-23(2)37-33(35)25-12-15-29(16-13-25)39-18-7-5-6-8-19-40-30-11-9-10-26(21-30)32-22-28-20-27(14-17-31(28)41-32)34(36)38-24(3)4/h9-17,20-24H,5-8,18-19H2,1-4H3,(H2,35,37)(H2,36,38). The molecule has 0 saturated heterocycles. The molecule has 216 valence electrons. The minimum absolute atomic E-state index is 0.208. The zero-order valence-corrected chi connectivity index (χ0v) is 24.6. The third-order valence-corrected chi connectivity index (χ3v) is 6.51. The van der Waals surface area contributed by atoms with Crippen LogP contribution in [0, 0.1) is 10.8 Å². The first-order valence-electron chi connectivity index (χ1n) is 14.5. The van der Waals surface area contributed by atoms with Crippen LogP contribution in [0.15, 0.2) is 77.2 Å². The summed E-state index contributed by atoms with van der Waals surface area (Å²) in [4.78, 5) is 0. The maximum atomic E-state index is 8.26. The molecule has 1 aromatic heterocycles. The van der Waals surface area contributed by atoms with Gasteiger partial charge >= 0.3 is 0 Å². The Hall–Kier alpha value is -4.26. The fraction of sp³-hybridized carbons (Fsp3) is 0.353. The van der Waals surface area contributed by atoms with Crippen LogP contribution in [0.3, 0.4) is 0 Å². The lowest BCUT2D eigenvalue weighted by atomic mass is 10.1. The molecule has 1 heterocycles. The summed E-state index contributed by atoms with van der Waals surface area (Å²) < 4.78 is 18.0. The average Bonchev–Trinajstić information content (AvgIpc) is 3.38. The van der Waals surface area contributed by atoms with Crippen molar-refractivity contribution < 1.29 is 13.9 Å². The molecule has 0 atom stereocenters. The topological polar surface area (TPSA) is 103 Å². The average molecular weight is 555 g/mol. The predicted octanol–water partition coefficient (Wildman–Crippen LogP) is 7.76. The fourth-order valence-corrected chi connectivity index (χ4v) is 4.48. The van der Waals surface area contributed by atoms with Crippen LogP contribution in [0.25, 0.3) is 22.3 Å². The Labute approximate surface area is 243 Å². The molecule has 4 aromatic rings. The number of rotatable bonds is 14. The van der Waals surface area contributed by atoms with Gasteiger partial charge in [-0.3, -0.25) is 10.8 Å². The van der Waals surface area contributed by atoms with Gasteiger partial charge in [-0.25, -0.2) is 0 Å². The number of furan rings is 1. The van der Waals surface area contributed by atoms with Gasteiger partial charge in [0.2, 0.25) is 0 Å². The molecule has 7 heteroatoms. The van der Waals surface area contributed by atoms with E-state index >= 15 is 0 Å². The van der Waals surface area contributed by atoms with E-state index in [0.717, 1.165) is 70.6 Å². The van der Waals surface area contributed by atoms with E-state index < -0.39 is 0 Å². The molecule has 7 nitrogen and oxygen atoms in total. The van der Waals surface area contributed by atoms with Gasteiger partial charge in [0.05, 0.1) is 13.2 Å². The molecule has 4 rings (SSSR count). The smallest absolute Gasteiger partial charge is 0.135 e. The van der Waals surface area contributed by atoms with E-state index in [0.29, 0.717) is 24.9 Å². The number of amidine groups is 2. The highest BCUT2D eigenvalue weighted by Gasteiger charge is 2.10. The highest BCUT2D eigenvalue weighted by atomic mass is 16.5. The summed E-state index contributed by atoms with van der Waals surface area (Å²) in [7, 11) is 0. The van der Waals surface area contributed by atoms with E-state index in [-0.39, 0.29) is 12.1 Å². The van der Waals surface area contributed by atoms with Gasteiger partial charge in [0.1, 0.15) is 34.5 Å². The Balaban J connectivity index is 1.17. The molecule has 0 bridgehead atoms. The monoisotopic (exact) mass is 554 g/mol. The molecule has 0 saturated carbocycles. The van der Waals surface area contributed by atoms with Gasteiger partial charge in [0.25, 0.3) is 0 Å². The number of nitrogens with one attached hydrogen (secondary N) is 4. The number of ether oxygens (including phenoxy) is 2. The summed E-state index contributed by atoms with van der Waals surface area (Å²) in [5.74, 6) is 3.29. The molecule has 0 spiro atoms. The molecule has 4 N–H and O–H groups in total. The number of hydrogen-bond acceptors (Lipinski definition) is 5. The summed E-state index contributed by atoms with van der Waals surface area (Å²) in [5, 5.41) is 23.6. The molecule has 0 aliphatic heterocycles. The van der Waals surface area contributed by atoms with Crippen molar-refractivity contribution in [2.45, 2.75) is 65.5 Å². The van der Waals surface area contributed by atoms with Crippen molar-refractivity contribution in [1.82, 2.24) is 10.6 Å². The lowest BCUT2D eigenvalue weighted by molar-refractivity contribution is 0.287. The molecular weight excluding hydrogens is 512 g/mol. The van der Waals surface area contributed by atoms with E-state index in [9.17, 15) is 0 Å². The molecule has 41 heavy (non-hydrogen) atoms. The van der Waals surface area contributed by atoms with Gasteiger partial charge in [-0.15, -0.1) is 0 Å². The number of fused-ring (bicyclic) bond motifs is 1.